The van der Waals surface area contributed by atoms with Gasteiger partial charge in [0.05, 0.1) is 29.7 Å². The van der Waals surface area contributed by atoms with Gasteiger partial charge in [-0.05, 0) is 139 Å². The molecule has 0 radical (unpaired) electrons. The van der Waals surface area contributed by atoms with E-state index in [1.54, 1.807) is 11.1 Å². The van der Waals surface area contributed by atoms with Crippen LogP contribution in [0, 0.1) is 16.7 Å². The van der Waals surface area contributed by atoms with E-state index in [1.807, 2.05) is 0 Å². The Morgan fingerprint density at radius 2 is 1.46 bits per heavy atom. The highest BCUT2D eigenvalue weighted by molar-refractivity contribution is 6.88. The van der Waals surface area contributed by atoms with Gasteiger partial charge in [0.2, 0.25) is 6.71 Å². The van der Waals surface area contributed by atoms with Crippen LogP contribution >= 0.6 is 0 Å². The van der Waals surface area contributed by atoms with Crippen LogP contribution in [-0.4, -0.2) is 45.7 Å². The summed E-state index contributed by atoms with van der Waals surface area (Å²) in [4.78, 5) is 8.98. The SMILES string of the molecule is CC(C)(C)C1=CC2C(C=C1)N(C1=CC=C3B4C5=C(CC(N6c7ccc(C(C)(C)C)cc7C7(C)CCCCC67C)C=C5N(C5=c6oc7ccccc7c6=CCC5)C3C1)C1c3oc5ccccc5c3-c3cccc4c31)C1(C)CCCCC21C. The molecule has 81 heavy (non-hydrogen) atoms. The van der Waals surface area contributed by atoms with Crippen LogP contribution in [0.25, 0.3) is 44.8 Å². The van der Waals surface area contributed by atoms with Crippen molar-refractivity contribution in [2.75, 3.05) is 4.90 Å². The van der Waals surface area contributed by atoms with Crippen LogP contribution in [0.4, 0.5) is 5.69 Å². The van der Waals surface area contributed by atoms with Crippen molar-refractivity contribution in [2.45, 2.75) is 192 Å². The molecule has 6 heteroatoms. The number of fused-ring (bicyclic) bond motifs is 18. The minimum absolute atomic E-state index is 0.0106. The standard InChI is InChI=1S/C75H80BN3O2/c1-70(2,3)44-29-33-57-53(39-44)72(7)35-15-17-37-74(72,9)78(57)46-31-32-55-60(42-46)77(59-26-20-23-49-48-21-11-13-27-62(48)80-68(49)59)61-43-47(79-58-34-30-45(71(4,5)6)40-54(58)73(8)36-16-18-38-75(73,79)10)41-52-66-65-51(24-19-25-56(65)76(55)67(52)61)64-50-22-12-14-28-63(50)81-69(64)66/h11-14,19,21-25,27-34,39-40,43,47,53,57,60,66H,15-18,20,26,35-38,41-42H2,1-10H3. The van der Waals surface area contributed by atoms with Crippen LogP contribution in [0.1, 0.15) is 175 Å². The number of hydrogen-bond acceptors (Lipinski definition) is 5. The Bertz CT molecular complexity index is 4140. The normalized spacial score (nSPS) is 32.2. The van der Waals surface area contributed by atoms with Crippen LogP contribution in [0.5, 0.6) is 0 Å². The zero-order valence-corrected chi connectivity index (χ0v) is 49.7. The summed E-state index contributed by atoms with van der Waals surface area (Å²) in [7, 11) is 0. The Morgan fingerprint density at radius 3 is 2.26 bits per heavy atom. The minimum atomic E-state index is -0.0748. The van der Waals surface area contributed by atoms with Crippen LogP contribution in [0.15, 0.2) is 164 Å². The fourth-order valence-electron chi connectivity index (χ4n) is 19.8. The van der Waals surface area contributed by atoms with Gasteiger partial charge in [-0.1, -0.05) is 195 Å². The maximum atomic E-state index is 7.33. The van der Waals surface area contributed by atoms with E-state index in [0.717, 1.165) is 48.0 Å². The third-order valence-corrected chi connectivity index (χ3v) is 24.1. The highest BCUT2D eigenvalue weighted by Crippen LogP contribution is 2.66. The molecule has 6 heterocycles. The van der Waals surface area contributed by atoms with Crippen molar-refractivity contribution in [3.05, 3.63) is 188 Å². The molecule has 0 bridgehead atoms. The molecule has 4 aromatic carbocycles. The lowest BCUT2D eigenvalue weighted by molar-refractivity contribution is 0.0249. The van der Waals surface area contributed by atoms with Gasteiger partial charge < -0.3 is 23.5 Å². The van der Waals surface area contributed by atoms with Gasteiger partial charge in [0.25, 0.3) is 0 Å². The van der Waals surface area contributed by atoms with Crippen molar-refractivity contribution < 1.29 is 8.83 Å². The zero-order chi connectivity index (χ0) is 55.1. The number of allylic oxidation sites excluding steroid dienone is 5. The molecule has 7 aliphatic carbocycles. The van der Waals surface area contributed by atoms with Crippen LogP contribution in [0.3, 0.4) is 0 Å². The smallest absolute Gasteiger partial charge is 0.242 e. The highest BCUT2D eigenvalue weighted by atomic mass is 16.3. The summed E-state index contributed by atoms with van der Waals surface area (Å²) in [6, 6.07) is 33.2. The quantitative estimate of drug-likeness (QED) is 0.165. The summed E-state index contributed by atoms with van der Waals surface area (Å²) in [5.41, 5.74) is 23.8. The van der Waals surface area contributed by atoms with Crippen LogP contribution < -0.4 is 21.0 Å². The first-order valence-electron chi connectivity index (χ1n) is 31.6. The summed E-state index contributed by atoms with van der Waals surface area (Å²) in [6.07, 6.45) is 32.3. The molecule has 4 aliphatic heterocycles. The number of hydrogen-bond donors (Lipinski definition) is 0. The Morgan fingerprint density at radius 1 is 0.704 bits per heavy atom. The summed E-state index contributed by atoms with van der Waals surface area (Å²) in [6.45, 7) is 25.2. The first-order valence-corrected chi connectivity index (χ1v) is 31.6. The molecule has 0 N–H and O–H groups in total. The van der Waals surface area contributed by atoms with Gasteiger partial charge in [-0.15, -0.1) is 0 Å². The zero-order valence-electron chi connectivity index (χ0n) is 49.7. The predicted molar refractivity (Wildman–Crippen MR) is 334 cm³/mol. The predicted octanol–water partition coefficient (Wildman–Crippen LogP) is 15.9. The molecule has 17 rings (SSSR count). The first kappa shape index (κ1) is 49.2. The molecule has 9 unspecified atom stereocenters. The molecular weight excluding hydrogens is 986 g/mol. The second-order valence-corrected chi connectivity index (χ2v) is 29.9. The average molecular weight is 1070 g/mol. The van der Waals surface area contributed by atoms with E-state index in [2.05, 4.69) is 211 Å². The number of benzene rings is 4. The monoisotopic (exact) mass is 1070 g/mol. The van der Waals surface area contributed by atoms with E-state index in [9.17, 15) is 0 Å². The Labute approximate surface area is 480 Å². The number of rotatable bonds is 3. The Balaban J connectivity index is 0.937. The van der Waals surface area contributed by atoms with Gasteiger partial charge in [-0.3, -0.25) is 0 Å². The van der Waals surface area contributed by atoms with Crippen molar-refractivity contribution in [1.82, 2.24) is 9.80 Å². The molecule has 9 atom stereocenters. The van der Waals surface area contributed by atoms with E-state index in [-0.39, 0.29) is 57.5 Å². The number of likely N-dealkylation sites (tertiary alicyclic amines) is 1. The van der Waals surface area contributed by atoms with E-state index in [0.29, 0.717) is 12.0 Å². The second kappa shape index (κ2) is 16.2. The number of nitrogens with zero attached hydrogens (tertiary/aromatic N) is 3. The summed E-state index contributed by atoms with van der Waals surface area (Å²) in [5.74, 6) is 1.63. The van der Waals surface area contributed by atoms with E-state index >= 15 is 0 Å². The molecule has 2 aromatic heterocycles. The third kappa shape index (κ3) is 6.21. The van der Waals surface area contributed by atoms with Crippen molar-refractivity contribution in [2.24, 2.45) is 16.7 Å². The third-order valence-electron chi connectivity index (χ3n) is 24.1. The molecule has 5 nitrogen and oxygen atoms in total. The molecule has 0 spiro atoms. The van der Waals surface area contributed by atoms with Crippen LogP contribution in [-0.2, 0) is 10.8 Å². The van der Waals surface area contributed by atoms with Crippen molar-refractivity contribution in [1.29, 1.82) is 0 Å². The summed E-state index contributed by atoms with van der Waals surface area (Å²) < 4.78 is 14.6. The molecule has 4 fully saturated rings. The summed E-state index contributed by atoms with van der Waals surface area (Å²) in [5, 5.41) is 3.74. The number of para-hydroxylation sites is 2. The fourth-order valence-corrected chi connectivity index (χ4v) is 19.8. The van der Waals surface area contributed by atoms with Crippen LogP contribution in [0.2, 0.25) is 0 Å². The molecule has 6 aromatic rings. The second-order valence-electron chi connectivity index (χ2n) is 29.9. The molecule has 2 saturated carbocycles. The topological polar surface area (TPSA) is 36.0 Å². The highest BCUT2D eigenvalue weighted by Gasteiger charge is 2.65. The molecule has 0 amide bonds. The van der Waals surface area contributed by atoms with E-state index in [4.69, 9.17) is 8.83 Å². The van der Waals surface area contributed by atoms with Gasteiger partial charge in [0.1, 0.15) is 16.9 Å². The van der Waals surface area contributed by atoms with Crippen molar-refractivity contribution in [3.8, 4) is 11.1 Å². The molecule has 410 valence electrons. The van der Waals surface area contributed by atoms with Gasteiger partial charge in [-0.25, -0.2) is 0 Å². The molecule has 11 aliphatic rings. The fraction of sp³-hybridized carbons (Fsp3) is 0.440. The Kier molecular flexibility index (Phi) is 9.87. The maximum absolute atomic E-state index is 7.33. The van der Waals surface area contributed by atoms with Gasteiger partial charge in [0, 0.05) is 67.5 Å². The lowest BCUT2D eigenvalue weighted by atomic mass is 9.28. The first-order chi connectivity index (χ1) is 38.9. The average Bonchev–Trinajstić information content (AvgIpc) is 1.92. The van der Waals surface area contributed by atoms with E-state index in [1.165, 1.54) is 134 Å². The van der Waals surface area contributed by atoms with E-state index < -0.39 is 0 Å². The lowest BCUT2D eigenvalue weighted by Gasteiger charge is -2.56. The van der Waals surface area contributed by atoms with Gasteiger partial charge >= 0.3 is 0 Å². The largest absolute Gasteiger partial charge is 0.459 e. The summed E-state index contributed by atoms with van der Waals surface area (Å²) >= 11 is 0. The van der Waals surface area contributed by atoms with Crippen molar-refractivity contribution in [3.63, 3.8) is 0 Å². The maximum Gasteiger partial charge on any atom is 0.242 e. The molecular formula is C75H80BN3O2. The lowest BCUT2D eigenvalue weighted by Crippen LogP contribution is -2.62. The van der Waals surface area contributed by atoms with Gasteiger partial charge in [0.15, 0.2) is 5.42 Å². The number of anilines is 1. The van der Waals surface area contributed by atoms with Crippen molar-refractivity contribution >= 4 is 51.6 Å². The molecule has 2 saturated heterocycles. The number of furan rings is 2. The van der Waals surface area contributed by atoms with Gasteiger partial charge in [-0.2, -0.15) is 0 Å². The Hall–Kier alpha value is -6.40. The minimum Gasteiger partial charge on any atom is -0.459 e.